The molecule has 0 saturated carbocycles. The highest BCUT2D eigenvalue weighted by molar-refractivity contribution is 5.42. The zero-order chi connectivity index (χ0) is 15.7. The molecule has 0 aromatic heterocycles. The van der Waals surface area contributed by atoms with Crippen LogP contribution >= 0.6 is 0 Å². The summed E-state index contributed by atoms with van der Waals surface area (Å²) in [5.41, 5.74) is 0.563. The summed E-state index contributed by atoms with van der Waals surface area (Å²) in [7, 11) is 3.45. The van der Waals surface area contributed by atoms with Crippen molar-refractivity contribution in [3.8, 4) is 11.5 Å². The highest BCUT2D eigenvalue weighted by atomic mass is 16.5. The van der Waals surface area contributed by atoms with Gasteiger partial charge in [-0.05, 0) is 44.0 Å². The lowest BCUT2D eigenvalue weighted by molar-refractivity contribution is 0.145. The molecule has 1 unspecified atom stereocenters. The number of aliphatic hydroxyl groups is 2. The molecule has 1 rings (SSSR count). The maximum absolute atomic E-state index is 9.49. The molecule has 0 heterocycles. The Balaban J connectivity index is 2.52. The fourth-order valence-corrected chi connectivity index (χ4v) is 2.27. The molecule has 3 N–H and O–H groups in total. The van der Waals surface area contributed by atoms with Crippen molar-refractivity contribution in [3.05, 3.63) is 23.8 Å². The van der Waals surface area contributed by atoms with E-state index < -0.39 is 0 Å². The van der Waals surface area contributed by atoms with Crippen LogP contribution in [0.25, 0.3) is 0 Å². The third kappa shape index (κ3) is 4.88. The van der Waals surface area contributed by atoms with E-state index in [9.17, 15) is 5.11 Å². The number of likely N-dealkylation sites (N-methyl/N-ethyl adjacent to an activating group) is 1. The molecule has 0 fully saturated rings. The van der Waals surface area contributed by atoms with Gasteiger partial charge in [-0.3, -0.25) is 0 Å². The van der Waals surface area contributed by atoms with Crippen LogP contribution in [0, 0.1) is 0 Å². The molecule has 0 aliphatic rings. The number of rotatable bonds is 10. The molecule has 120 valence electrons. The van der Waals surface area contributed by atoms with E-state index in [0.29, 0.717) is 18.1 Å². The second-order valence-electron chi connectivity index (χ2n) is 5.14. The maximum atomic E-state index is 9.49. The molecule has 5 heteroatoms. The van der Waals surface area contributed by atoms with Gasteiger partial charge in [-0.1, -0.05) is 13.0 Å². The van der Waals surface area contributed by atoms with Gasteiger partial charge in [0.05, 0.1) is 26.9 Å². The van der Waals surface area contributed by atoms with Crippen LogP contribution in [0.2, 0.25) is 0 Å². The predicted molar refractivity (Wildman–Crippen MR) is 82.8 cm³/mol. The molecule has 0 aliphatic heterocycles. The Morgan fingerprint density at radius 3 is 2.52 bits per heavy atom. The van der Waals surface area contributed by atoms with Crippen LogP contribution in [0.3, 0.4) is 0 Å². The minimum absolute atomic E-state index is 0.0195. The summed E-state index contributed by atoms with van der Waals surface area (Å²) < 4.78 is 11.0. The first-order valence-corrected chi connectivity index (χ1v) is 7.35. The minimum atomic E-state index is -0.228. The number of ether oxygens (including phenoxy) is 2. The van der Waals surface area contributed by atoms with E-state index in [1.807, 2.05) is 19.2 Å². The summed E-state index contributed by atoms with van der Waals surface area (Å²) in [4.78, 5) is 0. The lowest BCUT2D eigenvalue weighted by Gasteiger charge is -2.30. The second kappa shape index (κ2) is 8.87. The molecular formula is C16H27NO4. The third-order valence-electron chi connectivity index (χ3n) is 3.98. The largest absolute Gasteiger partial charge is 0.493 e. The second-order valence-corrected chi connectivity index (χ2v) is 5.14. The number of hydrogen-bond acceptors (Lipinski definition) is 5. The van der Waals surface area contributed by atoms with Gasteiger partial charge in [0, 0.05) is 5.54 Å². The first-order valence-electron chi connectivity index (χ1n) is 7.35. The van der Waals surface area contributed by atoms with Crippen molar-refractivity contribution >= 4 is 0 Å². The quantitative estimate of drug-likeness (QED) is 0.574. The van der Waals surface area contributed by atoms with Crippen LogP contribution in [-0.2, 0) is 6.61 Å². The fraction of sp³-hybridized carbons (Fsp3) is 0.625. The van der Waals surface area contributed by atoms with Crippen molar-refractivity contribution in [3.63, 3.8) is 0 Å². The summed E-state index contributed by atoms with van der Waals surface area (Å²) in [6.07, 6.45) is 2.54. The first-order chi connectivity index (χ1) is 10.1. The SMILES string of the molecule is CCC(CO)(CCCOc1ccc(CO)cc1OC)NC. The van der Waals surface area contributed by atoms with Crippen LogP contribution in [0.5, 0.6) is 11.5 Å². The van der Waals surface area contributed by atoms with Crippen LogP contribution in [0.15, 0.2) is 18.2 Å². The number of benzene rings is 1. The van der Waals surface area contributed by atoms with Crippen LogP contribution in [0.1, 0.15) is 31.7 Å². The normalized spacial score (nSPS) is 13.8. The van der Waals surface area contributed by atoms with E-state index in [4.69, 9.17) is 14.6 Å². The summed E-state index contributed by atoms with van der Waals surface area (Å²) in [6.45, 7) is 2.71. The Morgan fingerprint density at radius 2 is 2.00 bits per heavy atom. The standard InChI is InChI=1S/C16H27NO4/c1-4-16(12-19,17-2)8-5-9-21-14-7-6-13(11-18)10-15(14)20-3/h6-7,10,17-19H,4-5,8-9,11-12H2,1-3H3. The summed E-state index contributed by atoms with van der Waals surface area (Å²) in [5.74, 6) is 1.30. The van der Waals surface area contributed by atoms with Gasteiger partial charge in [0.25, 0.3) is 0 Å². The Labute approximate surface area is 126 Å². The fourth-order valence-electron chi connectivity index (χ4n) is 2.27. The maximum Gasteiger partial charge on any atom is 0.161 e. The Bertz CT molecular complexity index is 410. The van der Waals surface area contributed by atoms with Gasteiger partial charge < -0.3 is 25.0 Å². The highest BCUT2D eigenvalue weighted by Crippen LogP contribution is 2.28. The molecule has 0 bridgehead atoms. The zero-order valence-electron chi connectivity index (χ0n) is 13.2. The van der Waals surface area contributed by atoms with Crippen molar-refractivity contribution in [2.75, 3.05) is 27.4 Å². The number of methoxy groups -OCH3 is 1. The van der Waals surface area contributed by atoms with E-state index in [1.165, 1.54) is 0 Å². The molecule has 0 spiro atoms. The summed E-state index contributed by atoms with van der Waals surface area (Å²) in [5, 5.41) is 21.8. The first kappa shape index (κ1) is 17.8. The van der Waals surface area contributed by atoms with Crippen LogP contribution < -0.4 is 14.8 Å². The lowest BCUT2D eigenvalue weighted by Crippen LogP contribution is -2.46. The topological polar surface area (TPSA) is 71.0 Å². The molecule has 21 heavy (non-hydrogen) atoms. The van der Waals surface area contributed by atoms with Gasteiger partial charge >= 0.3 is 0 Å². The van der Waals surface area contributed by atoms with Gasteiger partial charge in [0.15, 0.2) is 11.5 Å². The number of nitrogens with one attached hydrogen (secondary N) is 1. The minimum Gasteiger partial charge on any atom is -0.493 e. The van der Waals surface area contributed by atoms with Gasteiger partial charge in [-0.15, -0.1) is 0 Å². The summed E-state index contributed by atoms with van der Waals surface area (Å²) >= 11 is 0. The molecule has 1 aromatic carbocycles. The third-order valence-corrected chi connectivity index (χ3v) is 3.98. The van der Waals surface area contributed by atoms with Gasteiger partial charge in [0.1, 0.15) is 0 Å². The van der Waals surface area contributed by atoms with Gasteiger partial charge in [0.2, 0.25) is 0 Å². The number of aliphatic hydroxyl groups excluding tert-OH is 2. The monoisotopic (exact) mass is 297 g/mol. The molecule has 0 aliphatic carbocycles. The average Bonchev–Trinajstić information content (AvgIpc) is 2.55. The van der Waals surface area contributed by atoms with E-state index in [0.717, 1.165) is 24.8 Å². The zero-order valence-corrected chi connectivity index (χ0v) is 13.2. The predicted octanol–water partition coefficient (Wildman–Crippen LogP) is 1.71. The Morgan fingerprint density at radius 1 is 1.24 bits per heavy atom. The van der Waals surface area contributed by atoms with E-state index in [1.54, 1.807) is 13.2 Å². The van der Waals surface area contributed by atoms with E-state index >= 15 is 0 Å². The van der Waals surface area contributed by atoms with Crippen molar-refractivity contribution in [2.24, 2.45) is 0 Å². The molecular weight excluding hydrogens is 270 g/mol. The van der Waals surface area contributed by atoms with Crippen LogP contribution in [0.4, 0.5) is 0 Å². The van der Waals surface area contributed by atoms with Crippen molar-refractivity contribution in [1.82, 2.24) is 5.32 Å². The van der Waals surface area contributed by atoms with Gasteiger partial charge in [-0.25, -0.2) is 0 Å². The Kier molecular flexibility index (Phi) is 7.50. The molecule has 5 nitrogen and oxygen atoms in total. The van der Waals surface area contributed by atoms with E-state index in [-0.39, 0.29) is 18.8 Å². The van der Waals surface area contributed by atoms with Crippen molar-refractivity contribution in [1.29, 1.82) is 0 Å². The summed E-state index contributed by atoms with van der Waals surface area (Å²) in [6, 6.07) is 5.39. The Hall–Kier alpha value is -1.30. The highest BCUT2D eigenvalue weighted by Gasteiger charge is 2.24. The van der Waals surface area contributed by atoms with Crippen molar-refractivity contribution < 1.29 is 19.7 Å². The van der Waals surface area contributed by atoms with Crippen molar-refractivity contribution in [2.45, 2.75) is 38.3 Å². The molecule has 0 amide bonds. The van der Waals surface area contributed by atoms with Crippen LogP contribution in [-0.4, -0.2) is 43.1 Å². The molecule has 0 saturated heterocycles. The lowest BCUT2D eigenvalue weighted by atomic mass is 9.92. The number of hydrogen-bond donors (Lipinski definition) is 3. The molecule has 0 radical (unpaired) electrons. The molecule has 1 atom stereocenters. The average molecular weight is 297 g/mol. The smallest absolute Gasteiger partial charge is 0.161 e. The van der Waals surface area contributed by atoms with Gasteiger partial charge in [-0.2, -0.15) is 0 Å². The molecule has 1 aromatic rings. The van der Waals surface area contributed by atoms with E-state index in [2.05, 4.69) is 12.2 Å².